The summed E-state index contributed by atoms with van der Waals surface area (Å²) in [5.74, 6) is -3.27. The second-order valence-corrected chi connectivity index (χ2v) is 7.97. The van der Waals surface area contributed by atoms with Crippen LogP contribution in [0.1, 0.15) is 35.7 Å². The van der Waals surface area contributed by atoms with Crippen molar-refractivity contribution in [1.82, 2.24) is 15.0 Å². The molecule has 0 radical (unpaired) electrons. The van der Waals surface area contributed by atoms with E-state index in [1.807, 2.05) is 0 Å². The number of hydrogen-bond acceptors (Lipinski definition) is 6. The van der Waals surface area contributed by atoms with Crippen LogP contribution in [0.3, 0.4) is 0 Å². The zero-order valence-corrected chi connectivity index (χ0v) is 17.1. The lowest BCUT2D eigenvalue weighted by atomic mass is 10.1. The van der Waals surface area contributed by atoms with E-state index in [-0.39, 0.29) is 11.1 Å². The molecule has 0 amide bonds. The molecule has 0 saturated heterocycles. The molecule has 3 N–H and O–H groups in total. The van der Waals surface area contributed by atoms with Crippen molar-refractivity contribution >= 4 is 45.2 Å². The van der Waals surface area contributed by atoms with Crippen molar-refractivity contribution in [3.63, 3.8) is 0 Å². The highest BCUT2D eigenvalue weighted by Gasteiger charge is 2.25. The number of carboxylic acids is 1. The van der Waals surface area contributed by atoms with Gasteiger partial charge in [0.05, 0.1) is 11.1 Å². The molecule has 32 heavy (non-hydrogen) atoms. The second-order valence-electron chi connectivity index (χ2n) is 7.97. The fourth-order valence-electron chi connectivity index (χ4n) is 3.49. The van der Waals surface area contributed by atoms with E-state index in [1.54, 1.807) is 18.3 Å². The first-order valence-electron chi connectivity index (χ1n) is 10.1. The minimum Gasteiger partial charge on any atom is -0.478 e. The van der Waals surface area contributed by atoms with Crippen LogP contribution in [0.5, 0.6) is 0 Å². The van der Waals surface area contributed by atoms with Crippen LogP contribution in [0.15, 0.2) is 48.7 Å². The summed E-state index contributed by atoms with van der Waals surface area (Å²) < 4.78 is 27.6. The molecule has 2 aromatic carbocycles. The number of anilines is 3. The van der Waals surface area contributed by atoms with E-state index in [4.69, 9.17) is 0 Å². The zero-order chi connectivity index (χ0) is 22.5. The third kappa shape index (κ3) is 3.89. The van der Waals surface area contributed by atoms with Crippen LogP contribution < -0.4 is 10.6 Å². The molecule has 1 aliphatic rings. The lowest BCUT2D eigenvalue weighted by molar-refractivity contribution is 0.0175. The SMILES string of the molecule is CC(F)(F)c1cccc(Nc2nc3cc(C(=O)O)ccc3c3cnc(NC4CC4)nc23)c1. The molecule has 162 valence electrons. The van der Waals surface area contributed by atoms with Gasteiger partial charge < -0.3 is 15.7 Å². The van der Waals surface area contributed by atoms with Crippen molar-refractivity contribution in [1.29, 1.82) is 0 Å². The van der Waals surface area contributed by atoms with Gasteiger partial charge in [0.25, 0.3) is 5.92 Å². The first-order valence-corrected chi connectivity index (χ1v) is 10.1. The maximum Gasteiger partial charge on any atom is 0.335 e. The number of nitrogens with one attached hydrogen (secondary N) is 2. The average molecular weight is 435 g/mol. The molecule has 2 heterocycles. The van der Waals surface area contributed by atoms with Crippen LogP contribution in [0.25, 0.3) is 21.8 Å². The summed E-state index contributed by atoms with van der Waals surface area (Å²) in [6.45, 7) is 0.840. The van der Waals surface area contributed by atoms with E-state index in [0.29, 0.717) is 45.3 Å². The first-order chi connectivity index (χ1) is 15.3. The van der Waals surface area contributed by atoms with Gasteiger partial charge in [0.1, 0.15) is 5.52 Å². The largest absolute Gasteiger partial charge is 0.478 e. The van der Waals surface area contributed by atoms with Crippen LogP contribution in [-0.4, -0.2) is 32.1 Å². The smallest absolute Gasteiger partial charge is 0.335 e. The minimum absolute atomic E-state index is 0.0934. The highest BCUT2D eigenvalue weighted by molar-refractivity contribution is 6.10. The molecule has 1 saturated carbocycles. The Labute approximate surface area is 181 Å². The fraction of sp³-hybridized carbons (Fsp3) is 0.217. The lowest BCUT2D eigenvalue weighted by Gasteiger charge is -2.15. The standard InChI is InChI=1S/C23H19F2N5O2/c1-23(24,25)13-3-2-4-15(10-13)27-20-19-17(11-26-22(30-19)28-14-6-7-14)16-8-5-12(21(31)32)9-18(16)29-20/h2-5,8-11,14H,6-7H2,1H3,(H,27,29)(H,31,32)(H,26,28,30). The fourth-order valence-corrected chi connectivity index (χ4v) is 3.49. The number of aromatic carboxylic acids is 1. The predicted molar refractivity (Wildman–Crippen MR) is 118 cm³/mol. The number of carbonyl (C=O) groups is 1. The quantitative estimate of drug-likeness (QED) is 0.353. The van der Waals surface area contributed by atoms with Crippen molar-refractivity contribution in [2.75, 3.05) is 10.6 Å². The van der Waals surface area contributed by atoms with E-state index >= 15 is 0 Å². The Morgan fingerprint density at radius 1 is 1.12 bits per heavy atom. The molecule has 9 heteroatoms. The van der Waals surface area contributed by atoms with Crippen LogP contribution in [0, 0.1) is 0 Å². The van der Waals surface area contributed by atoms with Gasteiger partial charge in [-0.25, -0.2) is 28.5 Å². The molecule has 4 aromatic rings. The number of aromatic nitrogens is 3. The average Bonchev–Trinajstić information content (AvgIpc) is 3.57. The molecule has 1 fully saturated rings. The number of rotatable bonds is 6. The van der Waals surface area contributed by atoms with Crippen LogP contribution in [0.2, 0.25) is 0 Å². The van der Waals surface area contributed by atoms with Crippen molar-refractivity contribution in [2.24, 2.45) is 0 Å². The van der Waals surface area contributed by atoms with Gasteiger partial charge >= 0.3 is 5.97 Å². The molecule has 0 spiro atoms. The van der Waals surface area contributed by atoms with Crippen LogP contribution in [-0.2, 0) is 5.92 Å². The van der Waals surface area contributed by atoms with E-state index in [1.165, 1.54) is 30.3 Å². The van der Waals surface area contributed by atoms with Crippen LogP contribution in [0.4, 0.5) is 26.2 Å². The molecular weight excluding hydrogens is 416 g/mol. The molecule has 5 rings (SSSR count). The number of alkyl halides is 2. The Balaban J connectivity index is 1.67. The van der Waals surface area contributed by atoms with Crippen molar-refractivity contribution in [3.8, 4) is 0 Å². The summed E-state index contributed by atoms with van der Waals surface area (Å²) in [5.41, 5.74) is 1.32. The van der Waals surface area contributed by atoms with Crippen molar-refractivity contribution in [3.05, 3.63) is 59.8 Å². The van der Waals surface area contributed by atoms with Gasteiger partial charge in [-0.05, 0) is 37.1 Å². The number of fused-ring (bicyclic) bond motifs is 3. The Hall–Kier alpha value is -3.88. The molecule has 7 nitrogen and oxygen atoms in total. The van der Waals surface area contributed by atoms with Crippen LogP contribution >= 0.6 is 0 Å². The normalized spacial score (nSPS) is 14.0. The maximum absolute atomic E-state index is 13.8. The Morgan fingerprint density at radius 2 is 1.94 bits per heavy atom. The van der Waals surface area contributed by atoms with Gasteiger partial charge in [0.2, 0.25) is 5.95 Å². The van der Waals surface area contributed by atoms with Gasteiger partial charge in [-0.2, -0.15) is 0 Å². The molecule has 0 aliphatic heterocycles. The van der Waals surface area contributed by atoms with E-state index in [9.17, 15) is 18.7 Å². The Morgan fingerprint density at radius 3 is 2.66 bits per heavy atom. The predicted octanol–water partition coefficient (Wildman–Crippen LogP) is 5.31. The van der Waals surface area contributed by atoms with E-state index in [2.05, 4.69) is 25.6 Å². The first kappa shape index (κ1) is 20.0. The van der Waals surface area contributed by atoms with Gasteiger partial charge in [0, 0.05) is 41.2 Å². The van der Waals surface area contributed by atoms with Gasteiger partial charge in [-0.15, -0.1) is 0 Å². The molecular formula is C23H19F2N5O2. The lowest BCUT2D eigenvalue weighted by Crippen LogP contribution is -2.08. The maximum atomic E-state index is 13.8. The summed E-state index contributed by atoms with van der Waals surface area (Å²) in [4.78, 5) is 25.0. The molecule has 0 bridgehead atoms. The van der Waals surface area contributed by atoms with E-state index in [0.717, 1.165) is 19.8 Å². The molecule has 0 atom stereocenters. The monoisotopic (exact) mass is 435 g/mol. The summed E-state index contributed by atoms with van der Waals surface area (Å²) >= 11 is 0. The van der Waals surface area contributed by atoms with Gasteiger partial charge in [0.15, 0.2) is 5.82 Å². The number of benzene rings is 2. The molecule has 0 unspecified atom stereocenters. The molecule has 2 aromatic heterocycles. The highest BCUT2D eigenvalue weighted by atomic mass is 19.3. The van der Waals surface area contributed by atoms with Gasteiger partial charge in [-0.1, -0.05) is 18.2 Å². The number of halogens is 2. The Bertz CT molecular complexity index is 1370. The second kappa shape index (κ2) is 7.37. The Kier molecular flexibility index (Phi) is 4.61. The van der Waals surface area contributed by atoms with Crippen molar-refractivity contribution < 1.29 is 18.7 Å². The highest BCUT2D eigenvalue weighted by Crippen LogP contribution is 2.33. The summed E-state index contributed by atoms with van der Waals surface area (Å²) in [6.07, 6.45) is 3.77. The zero-order valence-electron chi connectivity index (χ0n) is 17.1. The number of pyridine rings is 1. The van der Waals surface area contributed by atoms with Crippen molar-refractivity contribution in [2.45, 2.75) is 31.7 Å². The topological polar surface area (TPSA) is 100 Å². The number of nitrogens with zero attached hydrogens (tertiary/aromatic N) is 3. The minimum atomic E-state index is -2.99. The number of hydrogen-bond donors (Lipinski definition) is 3. The third-order valence-corrected chi connectivity index (χ3v) is 5.32. The van der Waals surface area contributed by atoms with E-state index < -0.39 is 11.9 Å². The third-order valence-electron chi connectivity index (χ3n) is 5.32. The number of carboxylic acid groups (broad SMARTS) is 1. The summed E-state index contributed by atoms with van der Waals surface area (Å²) in [6, 6.07) is 10.9. The van der Waals surface area contributed by atoms with Gasteiger partial charge in [-0.3, -0.25) is 0 Å². The molecule has 1 aliphatic carbocycles. The summed E-state index contributed by atoms with van der Waals surface area (Å²) in [7, 11) is 0. The summed E-state index contributed by atoms with van der Waals surface area (Å²) in [5, 5.41) is 17.1.